The fraction of sp³-hybridized carbons (Fsp3) is 0.286. The number of hydrogen-bond donors (Lipinski definition) is 1. The Labute approximate surface area is 122 Å². The standard InChI is InChI=1S/C14H13BN2O2S/c1-19-12-6-8(2-3-10(12)15)13-16-11-4-5-20-7-9(11)14(18)17-13/h2-3,6H,4-5,7H2,1H3,(H,16,17,18). The molecule has 0 atom stereocenters. The summed E-state index contributed by atoms with van der Waals surface area (Å²) >= 11 is 1.76. The molecule has 0 spiro atoms. The Hall–Kier alpha value is -1.69. The van der Waals surface area contributed by atoms with Gasteiger partial charge >= 0.3 is 0 Å². The van der Waals surface area contributed by atoms with Gasteiger partial charge in [0.15, 0.2) is 0 Å². The number of hydrogen-bond acceptors (Lipinski definition) is 4. The van der Waals surface area contributed by atoms with Gasteiger partial charge in [-0.25, -0.2) is 4.98 Å². The van der Waals surface area contributed by atoms with E-state index in [2.05, 4.69) is 9.97 Å². The molecule has 2 aromatic rings. The van der Waals surface area contributed by atoms with Crippen LogP contribution in [-0.2, 0) is 12.2 Å². The lowest BCUT2D eigenvalue weighted by atomic mass is 9.93. The Kier molecular flexibility index (Phi) is 3.57. The molecule has 0 fully saturated rings. The van der Waals surface area contributed by atoms with Crippen LogP contribution in [0.2, 0.25) is 0 Å². The molecular formula is C14H13BN2O2S. The number of aryl methyl sites for hydroxylation is 1. The number of ether oxygens (including phenoxy) is 1. The van der Waals surface area contributed by atoms with E-state index in [0.717, 1.165) is 34.7 Å². The molecule has 4 nitrogen and oxygen atoms in total. The predicted molar refractivity (Wildman–Crippen MR) is 82.1 cm³/mol. The molecule has 3 rings (SSSR count). The van der Waals surface area contributed by atoms with E-state index in [1.165, 1.54) is 0 Å². The highest BCUT2D eigenvalue weighted by Crippen LogP contribution is 2.23. The second kappa shape index (κ2) is 5.36. The minimum atomic E-state index is -0.0482. The number of fused-ring (bicyclic) bond motifs is 1. The average Bonchev–Trinajstić information content (AvgIpc) is 2.47. The van der Waals surface area contributed by atoms with E-state index in [4.69, 9.17) is 12.6 Å². The molecule has 2 heterocycles. The van der Waals surface area contributed by atoms with Crippen LogP contribution < -0.4 is 15.8 Å². The van der Waals surface area contributed by atoms with Gasteiger partial charge in [0.1, 0.15) is 19.4 Å². The van der Waals surface area contributed by atoms with Crippen molar-refractivity contribution in [3.8, 4) is 17.1 Å². The maximum atomic E-state index is 12.1. The van der Waals surface area contributed by atoms with Gasteiger partial charge in [-0.2, -0.15) is 11.8 Å². The zero-order chi connectivity index (χ0) is 14.1. The van der Waals surface area contributed by atoms with Gasteiger partial charge in [-0.3, -0.25) is 4.79 Å². The molecular weight excluding hydrogens is 271 g/mol. The number of aromatic amines is 1. The second-order valence-electron chi connectivity index (χ2n) is 4.60. The van der Waals surface area contributed by atoms with Crippen LogP contribution in [0.5, 0.6) is 5.75 Å². The third-order valence-electron chi connectivity index (χ3n) is 3.34. The molecule has 100 valence electrons. The van der Waals surface area contributed by atoms with E-state index in [-0.39, 0.29) is 5.56 Å². The lowest BCUT2D eigenvalue weighted by molar-refractivity contribution is 0.418. The minimum Gasteiger partial charge on any atom is -0.497 e. The van der Waals surface area contributed by atoms with E-state index in [1.807, 2.05) is 6.07 Å². The van der Waals surface area contributed by atoms with Crippen molar-refractivity contribution in [3.05, 3.63) is 39.8 Å². The lowest BCUT2D eigenvalue weighted by Gasteiger charge is -2.15. The van der Waals surface area contributed by atoms with E-state index in [9.17, 15) is 4.79 Å². The first-order chi connectivity index (χ1) is 9.69. The Bertz CT molecular complexity index is 715. The molecule has 0 aliphatic carbocycles. The van der Waals surface area contributed by atoms with Crippen LogP contribution in [0.15, 0.2) is 23.0 Å². The highest BCUT2D eigenvalue weighted by molar-refractivity contribution is 7.98. The maximum Gasteiger partial charge on any atom is 0.255 e. The summed E-state index contributed by atoms with van der Waals surface area (Å²) in [6.07, 6.45) is 0.836. The summed E-state index contributed by atoms with van der Waals surface area (Å²) in [6, 6.07) is 5.38. The van der Waals surface area contributed by atoms with Gasteiger partial charge in [0.2, 0.25) is 0 Å². The fourth-order valence-corrected chi connectivity index (χ4v) is 3.22. The molecule has 1 N–H and O–H groups in total. The van der Waals surface area contributed by atoms with E-state index >= 15 is 0 Å². The molecule has 1 aromatic heterocycles. The van der Waals surface area contributed by atoms with Crippen molar-refractivity contribution >= 4 is 25.1 Å². The summed E-state index contributed by atoms with van der Waals surface area (Å²) in [7, 11) is 7.36. The number of thioether (sulfide) groups is 1. The number of methoxy groups -OCH3 is 1. The zero-order valence-electron chi connectivity index (χ0n) is 11.1. The van der Waals surface area contributed by atoms with Gasteiger partial charge in [0.25, 0.3) is 5.56 Å². The van der Waals surface area contributed by atoms with Crippen LogP contribution in [-0.4, -0.2) is 30.7 Å². The topological polar surface area (TPSA) is 55.0 Å². The molecule has 0 amide bonds. The van der Waals surface area contributed by atoms with E-state index in [1.54, 1.807) is 31.0 Å². The summed E-state index contributed by atoms with van der Waals surface area (Å²) in [5.41, 5.74) is 3.01. The van der Waals surface area contributed by atoms with Crippen LogP contribution >= 0.6 is 11.8 Å². The van der Waals surface area contributed by atoms with E-state index in [0.29, 0.717) is 17.0 Å². The SMILES string of the molecule is [B]c1ccc(-c2nc3c(c(=O)[nH]2)CSCC3)cc1OC. The van der Waals surface area contributed by atoms with Gasteiger partial charge in [-0.1, -0.05) is 17.6 Å². The molecule has 0 unspecified atom stereocenters. The number of nitrogens with zero attached hydrogens (tertiary/aromatic N) is 1. The van der Waals surface area contributed by atoms with Crippen LogP contribution in [0.3, 0.4) is 0 Å². The molecule has 0 saturated heterocycles. The first-order valence-electron chi connectivity index (χ1n) is 6.32. The van der Waals surface area contributed by atoms with Gasteiger partial charge < -0.3 is 9.72 Å². The monoisotopic (exact) mass is 284 g/mol. The predicted octanol–water partition coefficient (Wildman–Crippen LogP) is 1.03. The molecule has 0 saturated carbocycles. The van der Waals surface area contributed by atoms with Crippen molar-refractivity contribution in [3.63, 3.8) is 0 Å². The lowest BCUT2D eigenvalue weighted by Crippen LogP contribution is -2.21. The zero-order valence-corrected chi connectivity index (χ0v) is 11.9. The molecule has 2 radical (unpaired) electrons. The van der Waals surface area contributed by atoms with Gasteiger partial charge in [0.05, 0.1) is 12.8 Å². The third-order valence-corrected chi connectivity index (χ3v) is 4.32. The third kappa shape index (κ3) is 2.35. The van der Waals surface area contributed by atoms with Crippen molar-refractivity contribution in [2.75, 3.05) is 12.9 Å². The van der Waals surface area contributed by atoms with Gasteiger partial charge in [-0.05, 0) is 18.2 Å². The summed E-state index contributed by atoms with van der Waals surface area (Å²) in [6.45, 7) is 0. The molecule has 0 bridgehead atoms. The Morgan fingerprint density at radius 3 is 3.10 bits per heavy atom. The van der Waals surface area contributed by atoms with Crippen molar-refractivity contribution in [2.24, 2.45) is 0 Å². The first-order valence-corrected chi connectivity index (χ1v) is 7.48. The molecule has 20 heavy (non-hydrogen) atoms. The van der Waals surface area contributed by atoms with Gasteiger partial charge in [0, 0.05) is 16.9 Å². The Morgan fingerprint density at radius 2 is 2.30 bits per heavy atom. The first kappa shape index (κ1) is 13.3. The summed E-state index contributed by atoms with van der Waals surface area (Å²) < 4.78 is 5.20. The molecule has 1 aliphatic rings. The molecule has 6 heteroatoms. The summed E-state index contributed by atoms with van der Waals surface area (Å²) in [5.74, 6) is 2.90. The minimum absolute atomic E-state index is 0.0482. The Morgan fingerprint density at radius 1 is 1.45 bits per heavy atom. The number of aromatic nitrogens is 2. The number of nitrogens with one attached hydrogen (secondary N) is 1. The molecule has 1 aliphatic heterocycles. The smallest absolute Gasteiger partial charge is 0.255 e. The number of rotatable bonds is 2. The Balaban J connectivity index is 2.11. The van der Waals surface area contributed by atoms with Crippen LogP contribution in [0.1, 0.15) is 11.3 Å². The van der Waals surface area contributed by atoms with Crippen molar-refractivity contribution < 1.29 is 4.74 Å². The second-order valence-corrected chi connectivity index (χ2v) is 5.70. The number of H-pyrrole nitrogens is 1. The van der Waals surface area contributed by atoms with Crippen LogP contribution in [0, 0.1) is 0 Å². The fourth-order valence-electron chi connectivity index (χ4n) is 2.24. The highest BCUT2D eigenvalue weighted by atomic mass is 32.2. The highest BCUT2D eigenvalue weighted by Gasteiger charge is 2.16. The largest absolute Gasteiger partial charge is 0.497 e. The normalized spacial score (nSPS) is 13.8. The summed E-state index contributed by atoms with van der Waals surface area (Å²) in [5, 5.41) is 0. The summed E-state index contributed by atoms with van der Waals surface area (Å²) in [4.78, 5) is 19.5. The molecule has 1 aromatic carbocycles. The maximum absolute atomic E-state index is 12.1. The quantitative estimate of drug-likeness (QED) is 0.837. The van der Waals surface area contributed by atoms with Crippen LogP contribution in [0.4, 0.5) is 0 Å². The number of benzene rings is 1. The van der Waals surface area contributed by atoms with Crippen LogP contribution in [0.25, 0.3) is 11.4 Å². The van der Waals surface area contributed by atoms with Crippen molar-refractivity contribution in [1.29, 1.82) is 0 Å². The average molecular weight is 284 g/mol. The van der Waals surface area contributed by atoms with Gasteiger partial charge in [-0.15, -0.1) is 0 Å². The van der Waals surface area contributed by atoms with Crippen molar-refractivity contribution in [1.82, 2.24) is 9.97 Å². The van der Waals surface area contributed by atoms with E-state index < -0.39 is 0 Å². The van der Waals surface area contributed by atoms with Crippen molar-refractivity contribution in [2.45, 2.75) is 12.2 Å².